The van der Waals surface area contributed by atoms with Gasteiger partial charge in [-0.15, -0.1) is 11.3 Å². The summed E-state index contributed by atoms with van der Waals surface area (Å²) in [5.41, 5.74) is 3.03. The summed E-state index contributed by atoms with van der Waals surface area (Å²) < 4.78 is 0. The normalized spacial score (nSPS) is 10.8. The van der Waals surface area contributed by atoms with Crippen LogP contribution in [0.25, 0.3) is 21.6 Å². The Morgan fingerprint density at radius 2 is 1.88 bits per heavy atom. The fourth-order valence-corrected chi connectivity index (χ4v) is 2.42. The molecule has 0 radical (unpaired) electrons. The minimum atomic E-state index is 0.955. The lowest BCUT2D eigenvalue weighted by Crippen LogP contribution is -1.84. The molecule has 0 saturated carbocycles. The molecule has 0 aliphatic carbocycles. The molecule has 16 heavy (non-hydrogen) atoms. The van der Waals surface area contributed by atoms with Crippen LogP contribution >= 0.6 is 11.3 Å². The highest BCUT2D eigenvalue weighted by molar-refractivity contribution is 7.13. The number of thiazole rings is 1. The lowest BCUT2D eigenvalue weighted by Gasteiger charge is -1.99. The summed E-state index contributed by atoms with van der Waals surface area (Å²) in [5, 5.41) is 4.20. The second-order valence-corrected chi connectivity index (χ2v) is 4.54. The Bertz CT molecular complexity index is 643. The van der Waals surface area contributed by atoms with Crippen molar-refractivity contribution in [3.8, 4) is 10.7 Å². The molecule has 0 aliphatic rings. The highest BCUT2D eigenvalue weighted by Crippen LogP contribution is 2.23. The number of fused-ring (bicyclic) bond motifs is 1. The minimum absolute atomic E-state index is 0.955. The van der Waals surface area contributed by atoms with Crippen LogP contribution in [0.3, 0.4) is 0 Å². The van der Waals surface area contributed by atoms with Crippen LogP contribution in [-0.4, -0.2) is 9.97 Å². The predicted octanol–water partition coefficient (Wildman–Crippen LogP) is 3.67. The quantitative estimate of drug-likeness (QED) is 0.632. The van der Waals surface area contributed by atoms with Gasteiger partial charge in [-0.3, -0.25) is 0 Å². The molecule has 0 unspecified atom stereocenters. The van der Waals surface area contributed by atoms with Gasteiger partial charge in [0.25, 0.3) is 0 Å². The van der Waals surface area contributed by atoms with E-state index in [-0.39, 0.29) is 0 Å². The molecule has 78 valence electrons. The molecule has 0 saturated heterocycles. The molecule has 0 bridgehead atoms. The van der Waals surface area contributed by atoms with E-state index in [9.17, 15) is 0 Å². The molecule has 0 aliphatic heterocycles. The van der Waals surface area contributed by atoms with E-state index in [4.69, 9.17) is 0 Å². The van der Waals surface area contributed by atoms with Crippen LogP contribution in [0.4, 0.5) is 0 Å². The minimum Gasteiger partial charge on any atom is -0.245 e. The van der Waals surface area contributed by atoms with Crippen LogP contribution in [0.2, 0.25) is 0 Å². The van der Waals surface area contributed by atoms with Crippen molar-refractivity contribution in [2.24, 2.45) is 0 Å². The van der Waals surface area contributed by atoms with Crippen molar-refractivity contribution in [1.82, 2.24) is 9.97 Å². The van der Waals surface area contributed by atoms with E-state index in [1.165, 1.54) is 5.39 Å². The zero-order valence-corrected chi connectivity index (χ0v) is 9.66. The zero-order valence-electron chi connectivity index (χ0n) is 8.84. The Hall–Kier alpha value is -1.74. The second kappa shape index (κ2) is 3.68. The average molecular weight is 226 g/mol. The fraction of sp³-hybridized carbons (Fsp3) is 0.0769. The number of pyridine rings is 1. The predicted molar refractivity (Wildman–Crippen MR) is 67.6 cm³/mol. The summed E-state index contributed by atoms with van der Waals surface area (Å²) >= 11 is 1.64. The van der Waals surface area contributed by atoms with Crippen LogP contribution in [0, 0.1) is 6.92 Å². The molecular formula is C13H10N2S. The topological polar surface area (TPSA) is 25.8 Å². The first-order valence-electron chi connectivity index (χ1n) is 5.11. The van der Waals surface area contributed by atoms with Gasteiger partial charge in [-0.1, -0.05) is 24.3 Å². The van der Waals surface area contributed by atoms with Crippen molar-refractivity contribution < 1.29 is 0 Å². The molecule has 0 N–H and O–H groups in total. The highest BCUT2D eigenvalue weighted by Gasteiger charge is 2.04. The van der Waals surface area contributed by atoms with Gasteiger partial charge in [0, 0.05) is 16.5 Å². The van der Waals surface area contributed by atoms with Crippen LogP contribution < -0.4 is 0 Å². The van der Waals surface area contributed by atoms with Crippen LogP contribution in [0.5, 0.6) is 0 Å². The number of aryl methyl sites for hydroxylation is 1. The molecule has 3 aromatic rings. The van der Waals surface area contributed by atoms with Gasteiger partial charge in [-0.25, -0.2) is 9.97 Å². The van der Waals surface area contributed by atoms with Crippen molar-refractivity contribution in [2.75, 3.05) is 0 Å². The van der Waals surface area contributed by atoms with Crippen LogP contribution in [0.1, 0.15) is 5.69 Å². The Kier molecular flexibility index (Phi) is 2.18. The van der Waals surface area contributed by atoms with E-state index < -0.39 is 0 Å². The lowest BCUT2D eigenvalue weighted by atomic mass is 10.2. The molecule has 0 fully saturated rings. The van der Waals surface area contributed by atoms with E-state index in [0.717, 1.165) is 21.9 Å². The highest BCUT2D eigenvalue weighted by atomic mass is 32.1. The first kappa shape index (κ1) is 9.48. The Balaban J connectivity index is 2.18. The molecule has 2 heterocycles. The van der Waals surface area contributed by atoms with Gasteiger partial charge >= 0.3 is 0 Å². The summed E-state index contributed by atoms with van der Waals surface area (Å²) in [7, 11) is 0. The number of nitrogens with zero attached hydrogens (tertiary/aromatic N) is 2. The maximum Gasteiger partial charge on any atom is 0.142 e. The number of benzene rings is 1. The van der Waals surface area contributed by atoms with Crippen molar-refractivity contribution in [1.29, 1.82) is 0 Å². The summed E-state index contributed by atoms with van der Waals surface area (Å²) in [6, 6.07) is 12.2. The lowest BCUT2D eigenvalue weighted by molar-refractivity contribution is 1.25. The van der Waals surface area contributed by atoms with Crippen molar-refractivity contribution in [3.05, 3.63) is 47.5 Å². The largest absolute Gasteiger partial charge is 0.245 e. The monoisotopic (exact) mass is 226 g/mol. The third kappa shape index (κ3) is 1.59. The summed E-state index contributed by atoms with van der Waals surface area (Å²) in [6.45, 7) is 2.00. The summed E-state index contributed by atoms with van der Waals surface area (Å²) in [6.07, 6.45) is 0. The zero-order chi connectivity index (χ0) is 11.0. The van der Waals surface area contributed by atoms with Crippen molar-refractivity contribution >= 4 is 22.2 Å². The van der Waals surface area contributed by atoms with Gasteiger partial charge in [0.15, 0.2) is 0 Å². The number of hydrogen-bond acceptors (Lipinski definition) is 3. The van der Waals surface area contributed by atoms with Gasteiger partial charge in [-0.05, 0) is 19.1 Å². The molecular weight excluding hydrogens is 216 g/mol. The third-order valence-corrected chi connectivity index (χ3v) is 3.42. The summed E-state index contributed by atoms with van der Waals surface area (Å²) in [5.74, 6) is 0. The second-order valence-electron chi connectivity index (χ2n) is 3.68. The molecule has 0 amide bonds. The van der Waals surface area contributed by atoms with E-state index in [1.807, 2.05) is 36.6 Å². The maximum atomic E-state index is 4.61. The SMILES string of the molecule is Cc1csc(-c2ccc3ccccc3n2)n1. The van der Waals surface area contributed by atoms with Crippen molar-refractivity contribution in [2.45, 2.75) is 6.92 Å². The number of para-hydroxylation sites is 1. The summed E-state index contributed by atoms with van der Waals surface area (Å²) in [4.78, 5) is 9.05. The Morgan fingerprint density at radius 3 is 2.69 bits per heavy atom. The molecule has 0 spiro atoms. The van der Waals surface area contributed by atoms with Gasteiger partial charge in [0.1, 0.15) is 5.01 Å². The number of rotatable bonds is 1. The molecule has 3 heteroatoms. The van der Waals surface area contributed by atoms with Crippen molar-refractivity contribution in [3.63, 3.8) is 0 Å². The average Bonchev–Trinajstić information content (AvgIpc) is 2.75. The molecule has 2 aromatic heterocycles. The van der Waals surface area contributed by atoms with Crippen LogP contribution in [-0.2, 0) is 0 Å². The standard InChI is InChI=1S/C13H10N2S/c1-9-8-16-13(14-9)12-7-6-10-4-2-3-5-11(10)15-12/h2-8H,1H3. The van der Waals surface area contributed by atoms with E-state index >= 15 is 0 Å². The molecule has 0 atom stereocenters. The van der Waals surface area contributed by atoms with Gasteiger partial charge in [0.05, 0.1) is 11.2 Å². The Labute approximate surface area is 97.6 Å². The fourth-order valence-electron chi connectivity index (χ4n) is 1.66. The number of aromatic nitrogens is 2. The molecule has 1 aromatic carbocycles. The van der Waals surface area contributed by atoms with Crippen LogP contribution in [0.15, 0.2) is 41.8 Å². The smallest absolute Gasteiger partial charge is 0.142 e. The first-order valence-corrected chi connectivity index (χ1v) is 5.99. The van der Waals surface area contributed by atoms with E-state index in [1.54, 1.807) is 11.3 Å². The van der Waals surface area contributed by atoms with Gasteiger partial charge in [0.2, 0.25) is 0 Å². The number of hydrogen-bond donors (Lipinski definition) is 0. The van der Waals surface area contributed by atoms with Gasteiger partial charge < -0.3 is 0 Å². The maximum absolute atomic E-state index is 4.61. The third-order valence-electron chi connectivity index (χ3n) is 2.44. The van der Waals surface area contributed by atoms with Gasteiger partial charge in [-0.2, -0.15) is 0 Å². The molecule has 3 rings (SSSR count). The van der Waals surface area contributed by atoms with E-state index in [0.29, 0.717) is 0 Å². The van der Waals surface area contributed by atoms with E-state index in [2.05, 4.69) is 22.1 Å². The Morgan fingerprint density at radius 1 is 1.00 bits per heavy atom. The first-order chi connectivity index (χ1) is 7.83. The molecule has 2 nitrogen and oxygen atoms in total.